The van der Waals surface area contributed by atoms with Gasteiger partial charge < -0.3 is 29.2 Å². The molecule has 0 radical (unpaired) electrons. The molecular weight excluding hydrogens is 751 g/mol. The molecule has 0 spiro atoms. The molecule has 2 aromatic carbocycles. The van der Waals surface area contributed by atoms with Crippen molar-refractivity contribution in [2.75, 3.05) is 65.6 Å². The fraction of sp³-hybridized carbons (Fsp3) is 0.619. The number of aromatic amines is 2. The minimum Gasteiger partial charge on any atom is -0.450 e. The molecule has 316 valence electrons. The monoisotopic (exact) mass is 808 g/mol. The van der Waals surface area contributed by atoms with E-state index in [4.69, 9.17) is 9.47 Å². The first-order chi connectivity index (χ1) is 27.6. The maximum atomic E-state index is 13.9. The summed E-state index contributed by atoms with van der Waals surface area (Å²) in [5, 5.41) is 0. The highest BCUT2D eigenvalue weighted by Gasteiger charge is 2.44. The first-order valence-corrected chi connectivity index (χ1v) is 20.8. The maximum absolute atomic E-state index is 13.9. The van der Waals surface area contributed by atoms with Crippen molar-refractivity contribution in [3.8, 4) is 0 Å². The van der Waals surface area contributed by atoms with Crippen LogP contribution < -0.4 is 11.4 Å². The normalized spacial score (nSPS) is 23.8. The molecule has 2 atom stereocenters. The summed E-state index contributed by atoms with van der Waals surface area (Å²) in [7, 11) is 0. The zero-order valence-corrected chi connectivity index (χ0v) is 34.7. The van der Waals surface area contributed by atoms with Crippen LogP contribution in [-0.4, -0.2) is 128 Å². The summed E-state index contributed by atoms with van der Waals surface area (Å²) in [5.74, 6) is -0.609. The number of imidazole rings is 2. The Morgan fingerprint density at radius 2 is 1.02 bits per heavy atom. The number of H-pyrrole nitrogens is 2. The van der Waals surface area contributed by atoms with Crippen LogP contribution in [0, 0.1) is 25.5 Å². The third-order valence-corrected chi connectivity index (χ3v) is 13.1. The second kappa shape index (κ2) is 16.5. The van der Waals surface area contributed by atoms with Crippen LogP contribution >= 0.6 is 0 Å². The van der Waals surface area contributed by atoms with Gasteiger partial charge in [-0.25, -0.2) is 28.0 Å². The van der Waals surface area contributed by atoms with Crippen molar-refractivity contribution in [1.29, 1.82) is 0 Å². The minimum atomic E-state index is -0.305. The summed E-state index contributed by atoms with van der Waals surface area (Å²) in [5.41, 5.74) is 3.24. The van der Waals surface area contributed by atoms with Crippen LogP contribution in [0.3, 0.4) is 0 Å². The highest BCUT2D eigenvalue weighted by molar-refractivity contribution is 5.77. The lowest BCUT2D eigenvalue weighted by molar-refractivity contribution is 0.0640. The van der Waals surface area contributed by atoms with Crippen LogP contribution in [0.5, 0.6) is 0 Å². The SMILES string of the molecule is CCOC(=O)N1CCC(C)(N2CCC(n3c(=O)[nH]c4cc(F)c(C)cc43)CC2)C1.CCOC(=O)N1CCC(C)(N2CCC(n3c(=O)[nH]c4cc(F)c(C)cc43)CC2)C1. The molecule has 0 bridgehead atoms. The number of amides is 2. The van der Waals surface area contributed by atoms with E-state index in [1.165, 1.54) is 12.1 Å². The van der Waals surface area contributed by atoms with Crippen molar-refractivity contribution in [3.63, 3.8) is 0 Å². The molecule has 4 aliphatic rings. The fourth-order valence-corrected chi connectivity index (χ4v) is 9.70. The van der Waals surface area contributed by atoms with Crippen LogP contribution in [0.25, 0.3) is 22.1 Å². The average molecular weight is 809 g/mol. The molecule has 2 amide bonds. The predicted molar refractivity (Wildman–Crippen MR) is 217 cm³/mol. The molecule has 0 saturated carbocycles. The Hall–Kier alpha value is -4.70. The largest absolute Gasteiger partial charge is 0.450 e. The first kappa shape index (κ1) is 41.5. The number of hydrogen-bond acceptors (Lipinski definition) is 8. The standard InChI is InChI=1S/2C21H29FN4O3/c2*1-4-29-20(28)24-10-7-21(3,13-24)25-8-5-15(6-9-25)26-18-11-14(2)16(22)12-17(18)23-19(26)27/h2*11-12,15H,4-10,13H2,1-3H3,(H,23,27). The van der Waals surface area contributed by atoms with Crippen molar-refractivity contribution >= 4 is 34.3 Å². The summed E-state index contributed by atoms with van der Waals surface area (Å²) in [6, 6.07) is 6.49. The summed E-state index contributed by atoms with van der Waals surface area (Å²) in [6.45, 7) is 18.5. The van der Waals surface area contributed by atoms with Crippen LogP contribution in [0.15, 0.2) is 33.9 Å². The molecule has 4 aromatic rings. The fourth-order valence-electron chi connectivity index (χ4n) is 9.70. The lowest BCUT2D eigenvalue weighted by Gasteiger charge is -2.43. The average Bonchev–Trinajstić information content (AvgIpc) is 3.96. The summed E-state index contributed by atoms with van der Waals surface area (Å²) in [4.78, 5) is 63.3. The third kappa shape index (κ3) is 8.01. The van der Waals surface area contributed by atoms with E-state index < -0.39 is 0 Å². The minimum absolute atomic E-state index is 0.0668. The van der Waals surface area contributed by atoms with E-state index in [0.29, 0.717) is 61.6 Å². The molecule has 2 aromatic heterocycles. The topological polar surface area (TPSA) is 141 Å². The molecule has 4 aliphatic heterocycles. The number of piperidine rings is 2. The summed E-state index contributed by atoms with van der Waals surface area (Å²) in [6.07, 6.45) is 4.75. The zero-order valence-electron chi connectivity index (χ0n) is 34.7. The van der Waals surface area contributed by atoms with Crippen LogP contribution in [0.4, 0.5) is 18.4 Å². The van der Waals surface area contributed by atoms with Gasteiger partial charge in [0.2, 0.25) is 0 Å². The predicted octanol–water partition coefficient (Wildman–Crippen LogP) is 6.07. The van der Waals surface area contributed by atoms with E-state index in [1.54, 1.807) is 44.9 Å². The number of aryl methyl sites for hydroxylation is 2. The zero-order chi connectivity index (χ0) is 41.5. The third-order valence-electron chi connectivity index (χ3n) is 13.1. The van der Waals surface area contributed by atoms with Gasteiger partial charge in [0.25, 0.3) is 0 Å². The maximum Gasteiger partial charge on any atom is 0.409 e. The Balaban J connectivity index is 0.000000177. The summed E-state index contributed by atoms with van der Waals surface area (Å²) < 4.78 is 41.6. The Bertz CT molecular complexity index is 2110. The van der Waals surface area contributed by atoms with Crippen molar-refractivity contribution in [3.05, 3.63) is 68.0 Å². The molecule has 58 heavy (non-hydrogen) atoms. The van der Waals surface area contributed by atoms with Gasteiger partial charge in [-0.1, -0.05) is 0 Å². The molecule has 8 rings (SSSR count). The molecule has 4 saturated heterocycles. The molecule has 2 unspecified atom stereocenters. The van der Waals surface area contributed by atoms with E-state index in [0.717, 1.165) is 75.7 Å². The Morgan fingerprint density at radius 1 is 0.655 bits per heavy atom. The Kier molecular flexibility index (Phi) is 11.8. The van der Waals surface area contributed by atoms with Gasteiger partial charge in [0.1, 0.15) is 11.6 Å². The van der Waals surface area contributed by atoms with Gasteiger partial charge in [0, 0.05) is 75.5 Å². The van der Waals surface area contributed by atoms with Crippen molar-refractivity contribution in [2.24, 2.45) is 0 Å². The van der Waals surface area contributed by atoms with Gasteiger partial charge in [-0.05, 0) is 115 Å². The number of rotatable bonds is 6. The van der Waals surface area contributed by atoms with Gasteiger partial charge in [-0.15, -0.1) is 0 Å². The van der Waals surface area contributed by atoms with E-state index in [2.05, 4.69) is 33.6 Å². The lowest BCUT2D eigenvalue weighted by atomic mass is 9.93. The first-order valence-electron chi connectivity index (χ1n) is 20.8. The molecule has 4 fully saturated rings. The molecule has 16 heteroatoms. The van der Waals surface area contributed by atoms with Crippen LogP contribution in [-0.2, 0) is 9.47 Å². The van der Waals surface area contributed by atoms with Gasteiger partial charge in [-0.3, -0.25) is 18.9 Å². The van der Waals surface area contributed by atoms with Crippen LogP contribution in [0.2, 0.25) is 0 Å². The second-order valence-electron chi connectivity index (χ2n) is 17.0. The quantitative estimate of drug-likeness (QED) is 0.239. The van der Waals surface area contributed by atoms with E-state index in [-0.39, 0.29) is 58.4 Å². The molecule has 6 heterocycles. The van der Waals surface area contributed by atoms with Crippen LogP contribution in [0.1, 0.15) is 89.4 Å². The Labute approximate surface area is 337 Å². The van der Waals surface area contributed by atoms with E-state index in [9.17, 15) is 28.0 Å². The highest BCUT2D eigenvalue weighted by atomic mass is 19.1. The summed E-state index contributed by atoms with van der Waals surface area (Å²) >= 11 is 0. The number of nitrogens with one attached hydrogen (secondary N) is 2. The lowest BCUT2D eigenvalue weighted by Crippen LogP contribution is -2.52. The molecular formula is C42H58F2N8O6. The smallest absolute Gasteiger partial charge is 0.409 e. The molecule has 0 aliphatic carbocycles. The Morgan fingerprint density at radius 3 is 1.36 bits per heavy atom. The van der Waals surface area contributed by atoms with Gasteiger partial charge in [-0.2, -0.15) is 0 Å². The number of carbonyl (C=O) groups is 2. The van der Waals surface area contributed by atoms with E-state index in [1.807, 2.05) is 13.8 Å². The highest BCUT2D eigenvalue weighted by Crippen LogP contribution is 2.36. The van der Waals surface area contributed by atoms with Gasteiger partial charge in [0.05, 0.1) is 35.3 Å². The second-order valence-corrected chi connectivity index (χ2v) is 17.0. The van der Waals surface area contributed by atoms with Crippen molar-refractivity contribution in [2.45, 2.75) is 103 Å². The number of hydrogen-bond donors (Lipinski definition) is 2. The number of benzene rings is 2. The number of likely N-dealkylation sites (tertiary alicyclic amines) is 4. The molecule has 14 nitrogen and oxygen atoms in total. The number of halogens is 2. The number of carbonyl (C=O) groups excluding carboxylic acids is 2. The number of ether oxygens (including phenoxy) is 2. The van der Waals surface area contributed by atoms with Crippen molar-refractivity contribution in [1.82, 2.24) is 38.7 Å². The van der Waals surface area contributed by atoms with Gasteiger partial charge in [0.15, 0.2) is 0 Å². The van der Waals surface area contributed by atoms with Crippen molar-refractivity contribution < 1.29 is 27.8 Å². The number of nitrogens with zero attached hydrogens (tertiary/aromatic N) is 6. The number of fused-ring (bicyclic) bond motifs is 2. The molecule has 2 N–H and O–H groups in total. The number of aromatic nitrogens is 4. The van der Waals surface area contributed by atoms with E-state index >= 15 is 0 Å². The van der Waals surface area contributed by atoms with Gasteiger partial charge >= 0.3 is 23.6 Å².